The highest BCUT2D eigenvalue weighted by molar-refractivity contribution is 7.18. The van der Waals surface area contributed by atoms with Crippen LogP contribution in [-0.4, -0.2) is 51.6 Å². The van der Waals surface area contributed by atoms with Crippen molar-refractivity contribution in [1.82, 2.24) is 19.4 Å². The lowest BCUT2D eigenvalue weighted by molar-refractivity contribution is -0.116. The third-order valence-electron chi connectivity index (χ3n) is 5.17. The van der Waals surface area contributed by atoms with Crippen molar-refractivity contribution in [3.05, 3.63) is 50.1 Å². The molecule has 0 bridgehead atoms. The molecule has 0 spiro atoms. The van der Waals surface area contributed by atoms with Crippen LogP contribution in [0.1, 0.15) is 16.3 Å². The van der Waals surface area contributed by atoms with Crippen LogP contribution in [0.15, 0.2) is 23.1 Å². The van der Waals surface area contributed by atoms with Crippen molar-refractivity contribution in [3.8, 4) is 0 Å². The third kappa shape index (κ3) is 4.24. The first-order chi connectivity index (χ1) is 14.4. The standard InChI is InChI=1S/C20H22ClN5O3S/c1-12-13(2)30-19-17(12)20(28)26(15(24-19)10-25-6-8-29-9-7-25)11-16(27)23-14-4-3-5-22-18(14)21/h3-5H,6-11H2,1-2H3,(H,23,27). The average Bonchev–Trinajstić information content (AvgIpc) is 3.01. The van der Waals surface area contributed by atoms with Crippen molar-refractivity contribution in [2.45, 2.75) is 26.9 Å². The summed E-state index contributed by atoms with van der Waals surface area (Å²) in [6, 6.07) is 3.35. The number of hydrogen-bond donors (Lipinski definition) is 1. The first-order valence-corrected chi connectivity index (χ1v) is 10.8. The Morgan fingerprint density at radius 1 is 1.33 bits per heavy atom. The molecule has 4 heterocycles. The molecule has 1 fully saturated rings. The Labute approximate surface area is 182 Å². The summed E-state index contributed by atoms with van der Waals surface area (Å²) in [5.74, 6) is 0.212. The molecule has 0 aliphatic carbocycles. The van der Waals surface area contributed by atoms with Crippen LogP contribution in [0, 0.1) is 13.8 Å². The highest BCUT2D eigenvalue weighted by atomic mass is 35.5. The van der Waals surface area contributed by atoms with Gasteiger partial charge in [-0.2, -0.15) is 0 Å². The monoisotopic (exact) mass is 447 g/mol. The third-order valence-corrected chi connectivity index (χ3v) is 6.57. The van der Waals surface area contributed by atoms with Crippen LogP contribution >= 0.6 is 22.9 Å². The van der Waals surface area contributed by atoms with E-state index in [0.717, 1.165) is 23.5 Å². The summed E-state index contributed by atoms with van der Waals surface area (Å²) in [5.41, 5.74) is 1.12. The van der Waals surface area contributed by atoms with Gasteiger partial charge in [0.25, 0.3) is 5.56 Å². The van der Waals surface area contributed by atoms with Gasteiger partial charge in [0, 0.05) is 24.2 Å². The van der Waals surface area contributed by atoms with Crippen LogP contribution in [0.2, 0.25) is 5.15 Å². The lowest BCUT2D eigenvalue weighted by Gasteiger charge is -2.27. The number of nitrogens with one attached hydrogen (secondary N) is 1. The summed E-state index contributed by atoms with van der Waals surface area (Å²) in [5, 5.41) is 3.51. The summed E-state index contributed by atoms with van der Waals surface area (Å²) >= 11 is 7.55. The van der Waals surface area contributed by atoms with Crippen molar-refractivity contribution in [2.24, 2.45) is 0 Å². The fourth-order valence-electron chi connectivity index (χ4n) is 3.43. The number of thiophene rings is 1. The van der Waals surface area contributed by atoms with E-state index in [9.17, 15) is 9.59 Å². The van der Waals surface area contributed by atoms with E-state index in [1.54, 1.807) is 18.3 Å². The van der Waals surface area contributed by atoms with E-state index in [1.807, 2.05) is 13.8 Å². The van der Waals surface area contributed by atoms with E-state index < -0.39 is 0 Å². The van der Waals surface area contributed by atoms with Crippen molar-refractivity contribution < 1.29 is 9.53 Å². The highest BCUT2D eigenvalue weighted by Gasteiger charge is 2.21. The maximum absolute atomic E-state index is 13.3. The predicted molar refractivity (Wildman–Crippen MR) is 117 cm³/mol. The first kappa shape index (κ1) is 20.9. The Hall–Kier alpha value is -2.33. The van der Waals surface area contributed by atoms with Gasteiger partial charge in [0.2, 0.25) is 5.91 Å². The minimum atomic E-state index is -0.360. The summed E-state index contributed by atoms with van der Waals surface area (Å²) in [6.45, 7) is 7.02. The number of amides is 1. The Morgan fingerprint density at radius 2 is 2.10 bits per heavy atom. The van der Waals surface area contributed by atoms with Gasteiger partial charge < -0.3 is 10.1 Å². The van der Waals surface area contributed by atoms with Crippen LogP contribution in [-0.2, 0) is 22.6 Å². The smallest absolute Gasteiger partial charge is 0.263 e. The molecule has 1 aliphatic heterocycles. The summed E-state index contributed by atoms with van der Waals surface area (Å²) in [4.78, 5) is 38.8. The lowest BCUT2D eigenvalue weighted by Crippen LogP contribution is -2.39. The Bertz CT molecular complexity index is 1150. The Balaban J connectivity index is 1.70. The summed E-state index contributed by atoms with van der Waals surface area (Å²) in [6.07, 6.45) is 1.54. The molecule has 1 saturated heterocycles. The number of rotatable bonds is 5. The molecule has 0 aromatic carbocycles. The van der Waals surface area contributed by atoms with Crippen LogP contribution in [0.4, 0.5) is 5.69 Å². The molecule has 0 saturated carbocycles. The number of hydrogen-bond acceptors (Lipinski definition) is 7. The fourth-order valence-corrected chi connectivity index (χ4v) is 4.63. The Morgan fingerprint density at radius 3 is 2.83 bits per heavy atom. The molecule has 158 valence electrons. The number of pyridine rings is 1. The molecule has 30 heavy (non-hydrogen) atoms. The zero-order valence-electron chi connectivity index (χ0n) is 16.8. The minimum absolute atomic E-state index is 0.152. The Kier molecular flexibility index (Phi) is 6.14. The average molecular weight is 448 g/mol. The van der Waals surface area contributed by atoms with Gasteiger partial charge >= 0.3 is 0 Å². The number of carbonyl (C=O) groups is 1. The number of aryl methyl sites for hydroxylation is 2. The molecule has 10 heteroatoms. The van der Waals surface area contributed by atoms with Gasteiger partial charge in [-0.1, -0.05) is 11.6 Å². The predicted octanol–water partition coefficient (Wildman–Crippen LogP) is 2.59. The maximum atomic E-state index is 13.3. The minimum Gasteiger partial charge on any atom is -0.379 e. The van der Waals surface area contributed by atoms with Gasteiger partial charge in [0.15, 0.2) is 5.15 Å². The van der Waals surface area contributed by atoms with E-state index >= 15 is 0 Å². The van der Waals surface area contributed by atoms with Gasteiger partial charge in [-0.15, -0.1) is 11.3 Å². The zero-order valence-corrected chi connectivity index (χ0v) is 18.3. The van der Waals surface area contributed by atoms with Gasteiger partial charge in [-0.25, -0.2) is 9.97 Å². The number of carbonyl (C=O) groups excluding carboxylic acids is 1. The van der Waals surface area contributed by atoms with Crippen LogP contribution < -0.4 is 10.9 Å². The van der Waals surface area contributed by atoms with Crippen molar-refractivity contribution in [1.29, 1.82) is 0 Å². The lowest BCUT2D eigenvalue weighted by atomic mass is 10.2. The summed E-state index contributed by atoms with van der Waals surface area (Å²) in [7, 11) is 0. The van der Waals surface area contributed by atoms with Crippen molar-refractivity contribution in [2.75, 3.05) is 31.6 Å². The molecule has 0 atom stereocenters. The van der Waals surface area contributed by atoms with Crippen LogP contribution in [0.5, 0.6) is 0 Å². The van der Waals surface area contributed by atoms with E-state index in [0.29, 0.717) is 41.5 Å². The quantitative estimate of drug-likeness (QED) is 0.605. The number of nitrogens with zero attached hydrogens (tertiary/aromatic N) is 4. The molecular formula is C20H22ClN5O3S. The fraction of sp³-hybridized carbons (Fsp3) is 0.400. The molecular weight excluding hydrogens is 426 g/mol. The second kappa shape index (κ2) is 8.81. The SMILES string of the molecule is Cc1sc2nc(CN3CCOCC3)n(CC(=O)Nc3cccnc3Cl)c(=O)c2c1C. The molecule has 0 unspecified atom stereocenters. The number of anilines is 1. The van der Waals surface area contributed by atoms with E-state index in [2.05, 4.69) is 15.2 Å². The second-order valence-corrected chi connectivity index (χ2v) is 8.72. The van der Waals surface area contributed by atoms with Gasteiger partial charge in [-0.3, -0.25) is 19.1 Å². The molecule has 3 aromatic rings. The molecule has 8 nitrogen and oxygen atoms in total. The van der Waals surface area contributed by atoms with E-state index in [1.165, 1.54) is 15.9 Å². The normalized spacial score (nSPS) is 14.9. The van der Waals surface area contributed by atoms with Crippen molar-refractivity contribution in [3.63, 3.8) is 0 Å². The highest BCUT2D eigenvalue weighted by Crippen LogP contribution is 2.26. The second-order valence-electron chi connectivity index (χ2n) is 7.16. The number of morpholine rings is 1. The molecule has 1 N–H and O–H groups in total. The molecule has 4 rings (SSSR count). The summed E-state index contributed by atoms with van der Waals surface area (Å²) < 4.78 is 6.88. The van der Waals surface area contributed by atoms with Gasteiger partial charge in [0.05, 0.1) is 30.8 Å². The number of ether oxygens (including phenoxy) is 1. The van der Waals surface area contributed by atoms with Crippen LogP contribution in [0.25, 0.3) is 10.2 Å². The first-order valence-electron chi connectivity index (χ1n) is 9.64. The molecule has 1 aliphatic rings. The number of halogens is 1. The zero-order chi connectivity index (χ0) is 21.3. The van der Waals surface area contributed by atoms with Gasteiger partial charge in [0.1, 0.15) is 17.2 Å². The molecule has 0 radical (unpaired) electrons. The van der Waals surface area contributed by atoms with E-state index in [4.69, 9.17) is 21.3 Å². The number of fused-ring (bicyclic) bond motifs is 1. The molecule has 3 aromatic heterocycles. The molecule has 1 amide bonds. The van der Waals surface area contributed by atoms with Gasteiger partial charge in [-0.05, 0) is 31.5 Å². The van der Waals surface area contributed by atoms with Crippen molar-refractivity contribution >= 4 is 44.7 Å². The largest absolute Gasteiger partial charge is 0.379 e. The van der Waals surface area contributed by atoms with E-state index in [-0.39, 0.29) is 23.2 Å². The maximum Gasteiger partial charge on any atom is 0.263 e. The number of aromatic nitrogens is 3. The topological polar surface area (TPSA) is 89.3 Å². The van der Waals surface area contributed by atoms with Crippen LogP contribution in [0.3, 0.4) is 0 Å².